The molecule has 0 spiro atoms. The van der Waals surface area contributed by atoms with E-state index < -0.39 is 5.97 Å². The van der Waals surface area contributed by atoms with Crippen molar-refractivity contribution in [3.05, 3.63) is 0 Å². The minimum Gasteiger partial charge on any atom is -0.481 e. The number of hydrogen-bond acceptors (Lipinski definition) is 3. The summed E-state index contributed by atoms with van der Waals surface area (Å²) in [4.78, 5) is 10.0. The number of hydrogen-bond donors (Lipinski definition) is 1. The highest BCUT2D eigenvalue weighted by Gasteiger charge is 1.96. The Labute approximate surface area is 72.5 Å². The summed E-state index contributed by atoms with van der Waals surface area (Å²) in [6, 6.07) is 0. The molecule has 0 saturated carbocycles. The maximum absolute atomic E-state index is 10.0. The van der Waals surface area contributed by atoms with Crippen molar-refractivity contribution in [2.45, 2.75) is 26.4 Å². The first-order chi connectivity index (χ1) is 5.63. The highest BCUT2D eigenvalue weighted by Crippen LogP contribution is 1.88. The molecule has 0 aliphatic rings. The van der Waals surface area contributed by atoms with E-state index in [0.29, 0.717) is 13.2 Å². The molecule has 0 radical (unpaired) electrons. The van der Waals surface area contributed by atoms with Crippen molar-refractivity contribution in [3.8, 4) is 0 Å². The average molecular weight is 176 g/mol. The molecule has 0 amide bonds. The van der Waals surface area contributed by atoms with Gasteiger partial charge in [-0.25, -0.2) is 0 Å². The second-order valence-electron chi connectivity index (χ2n) is 2.68. The van der Waals surface area contributed by atoms with E-state index in [2.05, 4.69) is 0 Å². The van der Waals surface area contributed by atoms with Gasteiger partial charge in [-0.05, 0) is 13.8 Å². The number of carbonyl (C=O) groups is 1. The summed E-state index contributed by atoms with van der Waals surface area (Å²) < 4.78 is 10.2. The van der Waals surface area contributed by atoms with Crippen LogP contribution in [0.1, 0.15) is 20.3 Å². The van der Waals surface area contributed by atoms with Crippen molar-refractivity contribution in [1.82, 2.24) is 0 Å². The lowest BCUT2D eigenvalue weighted by Crippen LogP contribution is -2.11. The van der Waals surface area contributed by atoms with Crippen LogP contribution in [-0.4, -0.2) is 37.0 Å². The van der Waals surface area contributed by atoms with Crippen LogP contribution in [-0.2, 0) is 14.3 Å². The lowest BCUT2D eigenvalue weighted by atomic mass is 10.5. The Morgan fingerprint density at radius 3 is 2.50 bits per heavy atom. The summed E-state index contributed by atoms with van der Waals surface area (Å²) in [7, 11) is 0. The standard InChI is InChI=1S/C8H16O4/c1-7(2)12-6-5-11-4-3-8(9)10/h7H,3-6H2,1-2H3,(H,9,10). The van der Waals surface area contributed by atoms with Crippen molar-refractivity contribution >= 4 is 5.97 Å². The van der Waals surface area contributed by atoms with Gasteiger partial charge in [0.05, 0.1) is 32.3 Å². The van der Waals surface area contributed by atoms with E-state index in [4.69, 9.17) is 14.6 Å². The third-order valence-electron chi connectivity index (χ3n) is 1.14. The summed E-state index contributed by atoms with van der Waals surface area (Å²) in [5, 5.41) is 8.25. The van der Waals surface area contributed by atoms with Gasteiger partial charge in [0.25, 0.3) is 0 Å². The largest absolute Gasteiger partial charge is 0.481 e. The molecule has 4 nitrogen and oxygen atoms in total. The van der Waals surface area contributed by atoms with Crippen LogP contribution in [0.5, 0.6) is 0 Å². The van der Waals surface area contributed by atoms with Gasteiger partial charge in [0, 0.05) is 0 Å². The summed E-state index contributed by atoms with van der Waals surface area (Å²) in [6.45, 7) is 5.13. The van der Waals surface area contributed by atoms with Gasteiger partial charge in [-0.3, -0.25) is 4.79 Å². The van der Waals surface area contributed by atoms with Crippen LogP contribution in [0.2, 0.25) is 0 Å². The third kappa shape index (κ3) is 9.39. The lowest BCUT2D eigenvalue weighted by molar-refractivity contribution is -0.138. The second-order valence-corrected chi connectivity index (χ2v) is 2.68. The van der Waals surface area contributed by atoms with Crippen molar-refractivity contribution in [2.75, 3.05) is 19.8 Å². The van der Waals surface area contributed by atoms with Gasteiger partial charge < -0.3 is 14.6 Å². The Balaban J connectivity index is 2.96. The molecule has 0 fully saturated rings. The van der Waals surface area contributed by atoms with Crippen LogP contribution in [0.15, 0.2) is 0 Å². The minimum atomic E-state index is -0.834. The van der Waals surface area contributed by atoms with E-state index in [1.165, 1.54) is 0 Å². The van der Waals surface area contributed by atoms with Crippen LogP contribution in [0.3, 0.4) is 0 Å². The number of ether oxygens (including phenoxy) is 2. The van der Waals surface area contributed by atoms with Crippen LogP contribution < -0.4 is 0 Å². The smallest absolute Gasteiger partial charge is 0.305 e. The molecular formula is C8H16O4. The third-order valence-corrected chi connectivity index (χ3v) is 1.14. The molecule has 0 atom stereocenters. The van der Waals surface area contributed by atoms with Crippen LogP contribution >= 0.6 is 0 Å². The molecule has 72 valence electrons. The second kappa shape index (κ2) is 7.06. The summed E-state index contributed by atoms with van der Waals surface area (Å²) in [6.07, 6.45) is 0.259. The highest BCUT2D eigenvalue weighted by molar-refractivity contribution is 5.66. The van der Waals surface area contributed by atoms with Gasteiger partial charge >= 0.3 is 5.97 Å². The molecule has 0 rings (SSSR count). The molecule has 4 heteroatoms. The van der Waals surface area contributed by atoms with E-state index in [9.17, 15) is 4.79 Å². The predicted molar refractivity (Wildman–Crippen MR) is 44.2 cm³/mol. The van der Waals surface area contributed by atoms with Crippen molar-refractivity contribution in [3.63, 3.8) is 0 Å². The Morgan fingerprint density at radius 2 is 2.00 bits per heavy atom. The fourth-order valence-corrected chi connectivity index (χ4v) is 0.604. The molecule has 12 heavy (non-hydrogen) atoms. The van der Waals surface area contributed by atoms with Gasteiger partial charge in [0.2, 0.25) is 0 Å². The first kappa shape index (κ1) is 11.4. The highest BCUT2D eigenvalue weighted by atomic mass is 16.5. The minimum absolute atomic E-state index is 0.0572. The predicted octanol–water partition coefficient (Wildman–Crippen LogP) is 0.903. The quantitative estimate of drug-likeness (QED) is 0.585. The van der Waals surface area contributed by atoms with E-state index in [-0.39, 0.29) is 19.1 Å². The maximum atomic E-state index is 10.0. The normalized spacial score (nSPS) is 10.6. The Bertz CT molecular complexity index is 122. The SMILES string of the molecule is CC(C)OCCOCCC(=O)O. The molecular weight excluding hydrogens is 160 g/mol. The van der Waals surface area contributed by atoms with Gasteiger partial charge in [-0.2, -0.15) is 0 Å². The molecule has 0 bridgehead atoms. The van der Waals surface area contributed by atoms with E-state index in [0.717, 1.165) is 0 Å². The van der Waals surface area contributed by atoms with Gasteiger partial charge in [0.15, 0.2) is 0 Å². The molecule has 0 saturated heterocycles. The fraction of sp³-hybridized carbons (Fsp3) is 0.875. The van der Waals surface area contributed by atoms with Crippen molar-refractivity contribution in [1.29, 1.82) is 0 Å². The molecule has 0 heterocycles. The number of aliphatic carboxylic acids is 1. The topological polar surface area (TPSA) is 55.8 Å². The molecule has 0 aromatic carbocycles. The number of carboxylic acids is 1. The Morgan fingerprint density at radius 1 is 1.33 bits per heavy atom. The summed E-state index contributed by atoms with van der Waals surface area (Å²) in [5.74, 6) is -0.834. The van der Waals surface area contributed by atoms with E-state index in [1.54, 1.807) is 0 Å². The van der Waals surface area contributed by atoms with E-state index in [1.807, 2.05) is 13.8 Å². The molecule has 0 aromatic heterocycles. The van der Waals surface area contributed by atoms with Crippen LogP contribution in [0.4, 0.5) is 0 Å². The first-order valence-electron chi connectivity index (χ1n) is 4.04. The average Bonchev–Trinajstić information content (AvgIpc) is 1.95. The molecule has 0 aliphatic heterocycles. The summed E-state index contributed by atoms with van der Waals surface area (Å²) >= 11 is 0. The zero-order chi connectivity index (χ0) is 9.40. The van der Waals surface area contributed by atoms with Gasteiger partial charge in [0.1, 0.15) is 0 Å². The molecule has 0 aromatic rings. The van der Waals surface area contributed by atoms with Crippen LogP contribution in [0.25, 0.3) is 0 Å². The summed E-state index contributed by atoms with van der Waals surface area (Å²) in [5.41, 5.74) is 0. The van der Waals surface area contributed by atoms with E-state index >= 15 is 0 Å². The Kier molecular flexibility index (Phi) is 6.70. The van der Waals surface area contributed by atoms with Crippen LogP contribution in [0, 0.1) is 0 Å². The molecule has 0 unspecified atom stereocenters. The molecule has 1 N–H and O–H groups in total. The fourth-order valence-electron chi connectivity index (χ4n) is 0.604. The maximum Gasteiger partial charge on any atom is 0.305 e. The zero-order valence-electron chi connectivity index (χ0n) is 7.58. The van der Waals surface area contributed by atoms with Gasteiger partial charge in [-0.15, -0.1) is 0 Å². The monoisotopic (exact) mass is 176 g/mol. The molecule has 0 aliphatic carbocycles. The van der Waals surface area contributed by atoms with Gasteiger partial charge in [-0.1, -0.05) is 0 Å². The Hall–Kier alpha value is -0.610. The number of carboxylic acid groups (broad SMARTS) is 1. The zero-order valence-corrected chi connectivity index (χ0v) is 7.58. The van der Waals surface area contributed by atoms with Crippen molar-refractivity contribution < 1.29 is 19.4 Å². The number of rotatable bonds is 7. The first-order valence-corrected chi connectivity index (χ1v) is 4.04. The lowest BCUT2D eigenvalue weighted by Gasteiger charge is -2.06. The van der Waals surface area contributed by atoms with Crippen molar-refractivity contribution in [2.24, 2.45) is 0 Å².